The van der Waals surface area contributed by atoms with Gasteiger partial charge in [0.2, 0.25) is 15.9 Å². The van der Waals surface area contributed by atoms with Gasteiger partial charge in [-0.05, 0) is 42.6 Å². The van der Waals surface area contributed by atoms with Crippen LogP contribution in [0.15, 0.2) is 57.3 Å². The number of hydrogen-bond donors (Lipinski definition) is 2. The minimum absolute atomic E-state index is 0.0478. The van der Waals surface area contributed by atoms with Crippen LogP contribution in [-0.4, -0.2) is 31.5 Å². The summed E-state index contributed by atoms with van der Waals surface area (Å²) in [5.41, 5.74) is 0.874. The lowest BCUT2D eigenvalue weighted by atomic mass is 10.3. The number of thiophene rings is 1. The molecular formula is C19H19N3O6S2. The van der Waals surface area contributed by atoms with Crippen molar-refractivity contribution in [3.63, 3.8) is 0 Å². The van der Waals surface area contributed by atoms with Crippen molar-refractivity contribution in [2.45, 2.75) is 31.4 Å². The summed E-state index contributed by atoms with van der Waals surface area (Å²) in [6, 6.07) is 9.85. The molecule has 0 saturated carbocycles. The average Bonchev–Trinajstić information content (AvgIpc) is 3.37. The number of aromatic nitrogens is 1. The number of amides is 1. The normalized spacial score (nSPS) is 12.3. The van der Waals surface area contributed by atoms with Gasteiger partial charge in [-0.1, -0.05) is 11.2 Å². The third-order valence-electron chi connectivity index (χ3n) is 3.86. The smallest absolute Gasteiger partial charge is 0.324 e. The summed E-state index contributed by atoms with van der Waals surface area (Å²) in [7, 11) is -3.95. The van der Waals surface area contributed by atoms with Crippen LogP contribution in [0.4, 0.5) is 5.69 Å². The van der Waals surface area contributed by atoms with Crippen LogP contribution in [0.1, 0.15) is 19.5 Å². The quantitative estimate of drug-likeness (QED) is 0.506. The molecule has 0 radical (unpaired) electrons. The van der Waals surface area contributed by atoms with Crippen molar-refractivity contribution in [3.05, 3.63) is 53.5 Å². The van der Waals surface area contributed by atoms with Crippen LogP contribution in [0.5, 0.6) is 0 Å². The zero-order valence-corrected chi connectivity index (χ0v) is 17.7. The lowest BCUT2D eigenvalue weighted by Crippen LogP contribution is -2.39. The number of nitrogens with zero attached hydrogens (tertiary/aromatic N) is 1. The Morgan fingerprint density at radius 3 is 2.60 bits per heavy atom. The zero-order chi connectivity index (χ0) is 21.7. The van der Waals surface area contributed by atoms with Gasteiger partial charge in [0.25, 0.3) is 0 Å². The molecular weight excluding hydrogens is 430 g/mol. The number of anilines is 1. The zero-order valence-electron chi connectivity index (χ0n) is 16.1. The molecule has 0 unspecified atom stereocenters. The van der Waals surface area contributed by atoms with Gasteiger partial charge in [0.15, 0.2) is 5.76 Å². The van der Waals surface area contributed by atoms with Crippen molar-refractivity contribution >= 4 is 38.9 Å². The standard InChI is InChI=1S/C19H19N3O6S2/c1-12(22-30(25,26)16-7-5-14(6-8-16)20-13(2)23)19(24)27-11-15-10-17(28-21-15)18-4-3-9-29-18/h3-10,12,22H,11H2,1-2H3,(H,20,23)/t12-/m1/s1. The minimum atomic E-state index is -3.95. The van der Waals surface area contributed by atoms with E-state index in [0.717, 1.165) is 4.88 Å². The predicted molar refractivity (Wildman–Crippen MR) is 110 cm³/mol. The van der Waals surface area contributed by atoms with E-state index in [4.69, 9.17) is 9.26 Å². The van der Waals surface area contributed by atoms with Gasteiger partial charge in [0.1, 0.15) is 18.3 Å². The molecule has 0 bridgehead atoms. The van der Waals surface area contributed by atoms with Crippen molar-refractivity contribution in [3.8, 4) is 10.6 Å². The molecule has 3 aromatic rings. The lowest BCUT2D eigenvalue weighted by Gasteiger charge is -2.13. The van der Waals surface area contributed by atoms with Crippen LogP contribution in [0, 0.1) is 0 Å². The van der Waals surface area contributed by atoms with Crippen molar-refractivity contribution in [2.24, 2.45) is 0 Å². The first-order chi connectivity index (χ1) is 14.2. The molecule has 2 heterocycles. The van der Waals surface area contributed by atoms with Gasteiger partial charge in [0.05, 0.1) is 9.77 Å². The number of ether oxygens (including phenoxy) is 1. The van der Waals surface area contributed by atoms with E-state index in [0.29, 0.717) is 17.1 Å². The molecule has 2 N–H and O–H groups in total. The minimum Gasteiger partial charge on any atom is -0.458 e. The van der Waals surface area contributed by atoms with Gasteiger partial charge in [-0.25, -0.2) is 8.42 Å². The van der Waals surface area contributed by atoms with Crippen LogP contribution < -0.4 is 10.0 Å². The fourth-order valence-electron chi connectivity index (χ4n) is 2.45. The molecule has 158 valence electrons. The fourth-order valence-corrected chi connectivity index (χ4v) is 4.32. The summed E-state index contributed by atoms with van der Waals surface area (Å²) in [6.45, 7) is 2.58. The summed E-state index contributed by atoms with van der Waals surface area (Å²) in [4.78, 5) is 24.1. The number of nitrogens with one attached hydrogen (secondary N) is 2. The first-order valence-corrected chi connectivity index (χ1v) is 11.2. The number of hydrogen-bond acceptors (Lipinski definition) is 8. The summed E-state index contributed by atoms with van der Waals surface area (Å²) in [6.07, 6.45) is 0. The summed E-state index contributed by atoms with van der Waals surface area (Å²) >= 11 is 1.49. The lowest BCUT2D eigenvalue weighted by molar-refractivity contribution is -0.146. The SMILES string of the molecule is CC(=O)Nc1ccc(S(=O)(=O)N[C@H](C)C(=O)OCc2cc(-c3cccs3)on2)cc1. The van der Waals surface area contributed by atoms with Crippen molar-refractivity contribution in [1.82, 2.24) is 9.88 Å². The highest BCUT2D eigenvalue weighted by Crippen LogP contribution is 2.25. The largest absolute Gasteiger partial charge is 0.458 e. The molecule has 0 fully saturated rings. The van der Waals surface area contributed by atoms with E-state index in [1.165, 1.54) is 49.4 Å². The third kappa shape index (κ3) is 5.53. The molecule has 3 rings (SSSR count). The molecule has 0 saturated heterocycles. The summed E-state index contributed by atoms with van der Waals surface area (Å²) < 4.78 is 37.5. The second kappa shape index (κ2) is 9.20. The molecule has 9 nitrogen and oxygen atoms in total. The van der Waals surface area contributed by atoms with Crippen LogP contribution >= 0.6 is 11.3 Å². The highest BCUT2D eigenvalue weighted by molar-refractivity contribution is 7.89. The van der Waals surface area contributed by atoms with E-state index in [1.54, 1.807) is 6.07 Å². The maximum absolute atomic E-state index is 12.5. The Hall–Kier alpha value is -3.02. The molecule has 0 aliphatic rings. The van der Waals surface area contributed by atoms with Gasteiger partial charge in [-0.2, -0.15) is 4.72 Å². The monoisotopic (exact) mass is 449 g/mol. The molecule has 2 aromatic heterocycles. The highest BCUT2D eigenvalue weighted by atomic mass is 32.2. The van der Waals surface area contributed by atoms with Gasteiger partial charge in [-0.15, -0.1) is 11.3 Å². The van der Waals surface area contributed by atoms with Crippen LogP contribution in [0.3, 0.4) is 0 Å². The van der Waals surface area contributed by atoms with Crippen LogP contribution in [0.25, 0.3) is 10.6 Å². The second-order valence-electron chi connectivity index (χ2n) is 6.32. The molecule has 0 aliphatic heterocycles. The maximum Gasteiger partial charge on any atom is 0.324 e. The summed E-state index contributed by atoms with van der Waals surface area (Å²) in [5.74, 6) is -0.462. The molecule has 1 atom stereocenters. The second-order valence-corrected chi connectivity index (χ2v) is 8.98. The Morgan fingerprint density at radius 1 is 1.23 bits per heavy atom. The van der Waals surface area contributed by atoms with Gasteiger partial charge < -0.3 is 14.6 Å². The first kappa shape index (κ1) is 21.7. The highest BCUT2D eigenvalue weighted by Gasteiger charge is 2.23. The van der Waals surface area contributed by atoms with E-state index in [9.17, 15) is 18.0 Å². The molecule has 11 heteroatoms. The Labute approximate surface area is 177 Å². The number of rotatable bonds is 8. The van der Waals surface area contributed by atoms with Gasteiger partial charge in [0, 0.05) is 18.7 Å². The van der Waals surface area contributed by atoms with E-state index < -0.39 is 22.0 Å². The van der Waals surface area contributed by atoms with Crippen LogP contribution in [0.2, 0.25) is 0 Å². The molecule has 1 aromatic carbocycles. The van der Waals surface area contributed by atoms with E-state index in [-0.39, 0.29) is 17.4 Å². The van der Waals surface area contributed by atoms with E-state index in [1.807, 2.05) is 17.5 Å². The maximum atomic E-state index is 12.5. The number of benzene rings is 1. The predicted octanol–water partition coefficient (Wildman–Crippen LogP) is 2.77. The Bertz CT molecular complexity index is 1120. The number of carbonyl (C=O) groups excluding carboxylic acids is 2. The third-order valence-corrected chi connectivity index (χ3v) is 6.30. The van der Waals surface area contributed by atoms with Crippen molar-refractivity contribution in [1.29, 1.82) is 0 Å². The van der Waals surface area contributed by atoms with Gasteiger partial charge >= 0.3 is 5.97 Å². The number of esters is 1. The first-order valence-electron chi connectivity index (χ1n) is 8.81. The fraction of sp³-hybridized carbons (Fsp3) is 0.211. The molecule has 1 amide bonds. The summed E-state index contributed by atoms with van der Waals surface area (Å²) in [5, 5.41) is 8.29. The topological polar surface area (TPSA) is 128 Å². The Kier molecular flexibility index (Phi) is 6.65. The van der Waals surface area contributed by atoms with Crippen LogP contribution in [-0.2, 0) is 31.0 Å². The van der Waals surface area contributed by atoms with Crippen molar-refractivity contribution < 1.29 is 27.3 Å². The Balaban J connectivity index is 1.56. The average molecular weight is 450 g/mol. The van der Waals surface area contributed by atoms with E-state index >= 15 is 0 Å². The number of carbonyl (C=O) groups is 2. The van der Waals surface area contributed by atoms with Crippen molar-refractivity contribution in [2.75, 3.05) is 5.32 Å². The molecule has 0 aliphatic carbocycles. The van der Waals surface area contributed by atoms with Gasteiger partial charge in [-0.3, -0.25) is 9.59 Å². The Morgan fingerprint density at radius 2 is 1.97 bits per heavy atom. The molecule has 0 spiro atoms. The number of sulfonamides is 1. The molecule has 30 heavy (non-hydrogen) atoms. The van der Waals surface area contributed by atoms with E-state index in [2.05, 4.69) is 15.2 Å².